The van der Waals surface area contributed by atoms with E-state index in [0.29, 0.717) is 46.9 Å². The molecule has 1 aromatic heterocycles. The number of hydrogen-bond acceptors (Lipinski definition) is 4. The van der Waals surface area contributed by atoms with E-state index in [1.807, 2.05) is 54.6 Å². The highest BCUT2D eigenvalue weighted by atomic mass is 35.5. The summed E-state index contributed by atoms with van der Waals surface area (Å²) < 4.78 is 11.9. The highest BCUT2D eigenvalue weighted by Gasteiger charge is 2.42. The normalized spacial score (nSPS) is 15.0. The van der Waals surface area contributed by atoms with Crippen LogP contribution in [-0.4, -0.2) is 24.0 Å². The van der Waals surface area contributed by atoms with Gasteiger partial charge in [0.05, 0.1) is 23.6 Å². The number of ether oxygens (including phenoxy) is 1. The van der Waals surface area contributed by atoms with Crippen molar-refractivity contribution >= 4 is 28.5 Å². The van der Waals surface area contributed by atoms with Gasteiger partial charge in [-0.25, -0.2) is 0 Å². The molecule has 178 valence electrons. The Morgan fingerprint density at radius 3 is 2.63 bits per heavy atom. The van der Waals surface area contributed by atoms with Crippen LogP contribution >= 0.6 is 11.6 Å². The molecule has 35 heavy (non-hydrogen) atoms. The summed E-state index contributed by atoms with van der Waals surface area (Å²) in [6.07, 6.45) is 2.64. The average Bonchev–Trinajstić information content (AvgIpc) is 3.16. The minimum absolute atomic E-state index is 0.0974. The summed E-state index contributed by atoms with van der Waals surface area (Å²) in [7, 11) is 0. The third-order valence-electron chi connectivity index (χ3n) is 6.35. The van der Waals surface area contributed by atoms with Crippen molar-refractivity contribution in [3.8, 4) is 5.75 Å². The molecule has 1 atom stereocenters. The predicted molar refractivity (Wildman–Crippen MR) is 137 cm³/mol. The molecule has 1 unspecified atom stereocenters. The Morgan fingerprint density at radius 2 is 1.83 bits per heavy atom. The molecule has 0 saturated heterocycles. The van der Waals surface area contributed by atoms with Gasteiger partial charge in [-0.05, 0) is 54.3 Å². The van der Waals surface area contributed by atoms with Gasteiger partial charge in [0.2, 0.25) is 5.76 Å². The number of carbonyl (C=O) groups excluding carboxylic acids is 1. The zero-order valence-electron chi connectivity index (χ0n) is 19.5. The fourth-order valence-electron chi connectivity index (χ4n) is 4.57. The van der Waals surface area contributed by atoms with E-state index in [4.69, 9.17) is 20.8 Å². The van der Waals surface area contributed by atoms with Crippen LogP contribution in [-0.2, 0) is 6.42 Å². The molecule has 0 N–H and O–H groups in total. The maximum Gasteiger partial charge on any atom is 0.290 e. The van der Waals surface area contributed by atoms with Gasteiger partial charge in [-0.2, -0.15) is 0 Å². The molecule has 1 aliphatic rings. The van der Waals surface area contributed by atoms with Crippen molar-refractivity contribution in [2.24, 2.45) is 0 Å². The van der Waals surface area contributed by atoms with Gasteiger partial charge in [0, 0.05) is 11.6 Å². The fraction of sp³-hybridized carbons (Fsp3) is 0.241. The standard InChI is InChI=1S/C29H26ClNO4/c1-2-3-16-34-22-11-7-10-20(17-22)26-25-27(32)23-18-21(30)12-13-24(23)35-28(25)29(33)31(26)15-14-19-8-5-4-6-9-19/h4-13,17-18,26H,2-3,14-16H2,1H3. The number of unbranched alkanes of at least 4 members (excludes halogenated alkanes) is 1. The van der Waals surface area contributed by atoms with Crippen LogP contribution in [0.25, 0.3) is 11.0 Å². The van der Waals surface area contributed by atoms with Crippen molar-refractivity contribution in [2.45, 2.75) is 32.2 Å². The smallest absolute Gasteiger partial charge is 0.290 e. The molecule has 0 radical (unpaired) electrons. The van der Waals surface area contributed by atoms with Crippen LogP contribution in [0.3, 0.4) is 0 Å². The summed E-state index contributed by atoms with van der Waals surface area (Å²) in [6.45, 7) is 3.17. The van der Waals surface area contributed by atoms with Crippen molar-refractivity contribution in [3.63, 3.8) is 0 Å². The molecule has 2 heterocycles. The molecule has 0 saturated carbocycles. The van der Waals surface area contributed by atoms with E-state index in [1.54, 1.807) is 23.1 Å². The van der Waals surface area contributed by atoms with E-state index >= 15 is 0 Å². The lowest BCUT2D eigenvalue weighted by Gasteiger charge is -2.25. The Morgan fingerprint density at radius 1 is 1.00 bits per heavy atom. The van der Waals surface area contributed by atoms with E-state index in [2.05, 4.69) is 6.92 Å². The number of halogens is 1. The molecular weight excluding hydrogens is 462 g/mol. The number of rotatable bonds is 8. The summed E-state index contributed by atoms with van der Waals surface area (Å²) in [5, 5.41) is 0.812. The first-order chi connectivity index (χ1) is 17.1. The molecule has 3 aromatic carbocycles. The first-order valence-electron chi connectivity index (χ1n) is 11.9. The second-order valence-electron chi connectivity index (χ2n) is 8.73. The van der Waals surface area contributed by atoms with Crippen LogP contribution in [0.15, 0.2) is 82.0 Å². The Hall–Kier alpha value is -3.57. The van der Waals surface area contributed by atoms with Crippen molar-refractivity contribution in [2.75, 3.05) is 13.2 Å². The van der Waals surface area contributed by atoms with Gasteiger partial charge in [0.1, 0.15) is 11.3 Å². The molecule has 0 fully saturated rings. The van der Waals surface area contributed by atoms with Crippen molar-refractivity contribution < 1.29 is 13.9 Å². The molecule has 5 nitrogen and oxygen atoms in total. The zero-order chi connectivity index (χ0) is 24.4. The highest BCUT2D eigenvalue weighted by molar-refractivity contribution is 6.31. The fourth-order valence-corrected chi connectivity index (χ4v) is 4.74. The van der Waals surface area contributed by atoms with Gasteiger partial charge in [0.15, 0.2) is 5.43 Å². The van der Waals surface area contributed by atoms with Crippen LogP contribution < -0.4 is 10.2 Å². The third kappa shape index (κ3) is 4.56. The molecule has 6 heteroatoms. The first kappa shape index (κ1) is 23.2. The number of nitrogens with zero attached hydrogens (tertiary/aromatic N) is 1. The average molecular weight is 488 g/mol. The maximum absolute atomic E-state index is 13.7. The van der Waals surface area contributed by atoms with Crippen molar-refractivity contribution in [3.05, 3.63) is 110 Å². The van der Waals surface area contributed by atoms with Gasteiger partial charge in [0.25, 0.3) is 5.91 Å². The summed E-state index contributed by atoms with van der Waals surface area (Å²) >= 11 is 6.18. The Bertz CT molecular complexity index is 1430. The summed E-state index contributed by atoms with van der Waals surface area (Å²) in [4.78, 5) is 29.0. The van der Waals surface area contributed by atoms with Crippen LogP contribution in [0, 0.1) is 0 Å². The molecule has 0 bridgehead atoms. The second kappa shape index (κ2) is 9.96. The van der Waals surface area contributed by atoms with Crippen molar-refractivity contribution in [1.82, 2.24) is 4.90 Å². The van der Waals surface area contributed by atoms with E-state index in [1.165, 1.54) is 0 Å². The molecule has 1 amide bonds. The van der Waals surface area contributed by atoms with Crippen molar-refractivity contribution in [1.29, 1.82) is 0 Å². The van der Waals surface area contributed by atoms with E-state index in [0.717, 1.165) is 24.0 Å². The van der Waals surface area contributed by atoms with Gasteiger partial charge < -0.3 is 14.1 Å². The number of amides is 1. The number of benzene rings is 3. The predicted octanol–water partition coefficient (Wildman–Crippen LogP) is 6.41. The van der Waals surface area contributed by atoms with Gasteiger partial charge >= 0.3 is 0 Å². The second-order valence-corrected chi connectivity index (χ2v) is 9.16. The minimum atomic E-state index is -0.574. The lowest BCUT2D eigenvalue weighted by atomic mass is 9.98. The van der Waals surface area contributed by atoms with Crippen LogP contribution in [0.5, 0.6) is 5.75 Å². The molecule has 4 aromatic rings. The number of fused-ring (bicyclic) bond motifs is 2. The Balaban J connectivity index is 1.60. The molecular formula is C29H26ClNO4. The molecule has 1 aliphatic heterocycles. The Kier molecular flexibility index (Phi) is 6.60. The first-order valence-corrected chi connectivity index (χ1v) is 12.3. The summed E-state index contributed by atoms with van der Waals surface area (Å²) in [5.41, 5.74) is 2.40. The minimum Gasteiger partial charge on any atom is -0.494 e. The van der Waals surface area contributed by atoms with E-state index in [9.17, 15) is 9.59 Å². The summed E-state index contributed by atoms with van der Waals surface area (Å²) in [6, 6.07) is 21.9. The molecule has 0 spiro atoms. The number of hydrogen-bond donors (Lipinski definition) is 0. The van der Waals surface area contributed by atoms with E-state index < -0.39 is 6.04 Å². The van der Waals surface area contributed by atoms with Gasteiger partial charge in [-0.15, -0.1) is 0 Å². The quantitative estimate of drug-likeness (QED) is 0.269. The lowest BCUT2D eigenvalue weighted by molar-refractivity contribution is 0.0730. The lowest BCUT2D eigenvalue weighted by Crippen LogP contribution is -2.31. The zero-order valence-corrected chi connectivity index (χ0v) is 20.3. The SMILES string of the molecule is CCCCOc1cccc(C2c3c(oc4ccc(Cl)cc4c3=O)C(=O)N2CCc2ccccc2)c1. The Labute approximate surface area is 208 Å². The van der Waals surface area contributed by atoms with Crippen LogP contribution in [0.1, 0.15) is 53.1 Å². The topological polar surface area (TPSA) is 59.8 Å². The monoisotopic (exact) mass is 487 g/mol. The third-order valence-corrected chi connectivity index (χ3v) is 6.59. The maximum atomic E-state index is 13.7. The highest BCUT2D eigenvalue weighted by Crippen LogP contribution is 2.39. The number of carbonyl (C=O) groups is 1. The van der Waals surface area contributed by atoms with Gasteiger partial charge in [-0.1, -0.05) is 67.4 Å². The molecule has 5 rings (SSSR count). The van der Waals surface area contributed by atoms with Gasteiger partial charge in [-0.3, -0.25) is 9.59 Å². The largest absolute Gasteiger partial charge is 0.494 e. The molecule has 0 aliphatic carbocycles. The summed E-state index contributed by atoms with van der Waals surface area (Å²) in [5.74, 6) is 0.528. The van der Waals surface area contributed by atoms with Crippen LogP contribution in [0.2, 0.25) is 5.02 Å². The van der Waals surface area contributed by atoms with E-state index in [-0.39, 0.29) is 17.1 Å². The van der Waals surface area contributed by atoms with Crippen LogP contribution in [0.4, 0.5) is 0 Å².